The average Bonchev–Trinajstić information content (AvgIpc) is 2.18. The van der Waals surface area contributed by atoms with Gasteiger partial charge in [-0.1, -0.05) is 24.3 Å². The molecule has 0 spiro atoms. The summed E-state index contributed by atoms with van der Waals surface area (Å²) in [5.74, 6) is -0.138. The molecule has 0 fully saturated rings. The van der Waals surface area contributed by atoms with Gasteiger partial charge in [-0.15, -0.1) is 0 Å². The monoisotopic (exact) mass is 193 g/mol. The molecule has 1 nitrogen and oxygen atoms in total. The zero-order valence-corrected chi connectivity index (χ0v) is 8.68. The molecule has 0 unspecified atom stereocenters. The maximum atomic E-state index is 13.1. The summed E-state index contributed by atoms with van der Waals surface area (Å²) in [6.07, 6.45) is 4.95. The number of halogens is 1. The van der Waals surface area contributed by atoms with E-state index >= 15 is 0 Å². The first-order valence-corrected chi connectivity index (χ1v) is 4.81. The molecule has 0 amide bonds. The van der Waals surface area contributed by atoms with Crippen LogP contribution in [0.1, 0.15) is 17.5 Å². The second-order valence-electron chi connectivity index (χ2n) is 3.30. The normalized spacial score (nSPS) is 11.1. The minimum absolute atomic E-state index is 0.138. The van der Waals surface area contributed by atoms with Crippen LogP contribution in [0.25, 0.3) is 6.08 Å². The molecule has 0 saturated heterocycles. The lowest BCUT2D eigenvalue weighted by Crippen LogP contribution is -2.05. The number of benzene rings is 1. The zero-order chi connectivity index (χ0) is 10.4. The number of nitrogens with one attached hydrogen (secondary N) is 1. The van der Waals surface area contributed by atoms with E-state index in [0.717, 1.165) is 18.5 Å². The molecule has 1 N–H and O–H groups in total. The van der Waals surface area contributed by atoms with Crippen molar-refractivity contribution in [2.24, 2.45) is 0 Å². The Morgan fingerprint density at radius 2 is 2.21 bits per heavy atom. The van der Waals surface area contributed by atoms with Gasteiger partial charge in [0, 0.05) is 0 Å². The summed E-state index contributed by atoms with van der Waals surface area (Å²) in [6.45, 7) is 2.72. The van der Waals surface area contributed by atoms with Gasteiger partial charge < -0.3 is 5.32 Å². The lowest BCUT2D eigenvalue weighted by molar-refractivity contribution is 0.618. The summed E-state index contributed by atoms with van der Waals surface area (Å²) >= 11 is 0. The molecule has 0 bridgehead atoms. The maximum absolute atomic E-state index is 13.1. The molecule has 0 saturated carbocycles. The third-order valence-corrected chi connectivity index (χ3v) is 2.07. The van der Waals surface area contributed by atoms with Gasteiger partial charge in [-0.3, -0.25) is 0 Å². The van der Waals surface area contributed by atoms with Crippen molar-refractivity contribution in [2.75, 3.05) is 13.6 Å². The Morgan fingerprint density at radius 1 is 1.43 bits per heavy atom. The maximum Gasteiger partial charge on any atom is 0.126 e. The van der Waals surface area contributed by atoms with E-state index in [2.05, 4.69) is 5.32 Å². The van der Waals surface area contributed by atoms with E-state index in [0.29, 0.717) is 5.56 Å². The third kappa shape index (κ3) is 3.30. The lowest BCUT2D eigenvalue weighted by Gasteiger charge is -1.97. The minimum Gasteiger partial charge on any atom is -0.319 e. The summed E-state index contributed by atoms with van der Waals surface area (Å²) in [4.78, 5) is 0. The average molecular weight is 193 g/mol. The van der Waals surface area contributed by atoms with Crippen LogP contribution in [-0.4, -0.2) is 13.6 Å². The third-order valence-electron chi connectivity index (χ3n) is 2.07. The first-order chi connectivity index (χ1) is 6.74. The summed E-state index contributed by atoms with van der Waals surface area (Å²) in [5.41, 5.74) is 1.61. The molecular weight excluding hydrogens is 177 g/mol. The highest BCUT2D eigenvalue weighted by molar-refractivity contribution is 5.49. The number of rotatable bonds is 4. The Labute approximate surface area is 84.6 Å². The van der Waals surface area contributed by atoms with Crippen molar-refractivity contribution in [1.82, 2.24) is 5.32 Å². The molecule has 0 heterocycles. The predicted molar refractivity (Wildman–Crippen MR) is 58.7 cm³/mol. The molecule has 0 aliphatic rings. The molecule has 76 valence electrons. The standard InChI is InChI=1S/C12H16FN/c1-10-6-7-11(9-12(10)13)5-3-4-8-14-2/h3,5-7,9,14H,4,8H2,1-2H3/b5-3+. The van der Waals surface area contributed by atoms with Crippen LogP contribution < -0.4 is 5.32 Å². The van der Waals surface area contributed by atoms with E-state index in [9.17, 15) is 4.39 Å². The Balaban J connectivity index is 2.59. The van der Waals surface area contributed by atoms with Gasteiger partial charge in [0.15, 0.2) is 0 Å². The highest BCUT2D eigenvalue weighted by atomic mass is 19.1. The fourth-order valence-corrected chi connectivity index (χ4v) is 1.16. The first-order valence-electron chi connectivity index (χ1n) is 4.81. The second kappa shape index (κ2) is 5.55. The van der Waals surface area contributed by atoms with Crippen molar-refractivity contribution in [2.45, 2.75) is 13.3 Å². The van der Waals surface area contributed by atoms with Gasteiger partial charge in [0.05, 0.1) is 0 Å². The van der Waals surface area contributed by atoms with E-state index in [1.165, 1.54) is 0 Å². The van der Waals surface area contributed by atoms with Crippen molar-refractivity contribution in [3.63, 3.8) is 0 Å². The second-order valence-corrected chi connectivity index (χ2v) is 3.30. The van der Waals surface area contributed by atoms with Crippen molar-refractivity contribution in [3.05, 3.63) is 41.2 Å². The Kier molecular flexibility index (Phi) is 4.33. The molecule has 1 aromatic carbocycles. The molecule has 2 heteroatoms. The molecule has 0 aromatic heterocycles. The Bertz CT molecular complexity index is 318. The largest absolute Gasteiger partial charge is 0.319 e. The molecular formula is C12H16FN. The van der Waals surface area contributed by atoms with Gasteiger partial charge in [0.2, 0.25) is 0 Å². The predicted octanol–water partition coefficient (Wildman–Crippen LogP) is 2.76. The van der Waals surface area contributed by atoms with Crippen molar-refractivity contribution in [1.29, 1.82) is 0 Å². The highest BCUT2D eigenvalue weighted by Gasteiger charge is 1.95. The number of hydrogen-bond acceptors (Lipinski definition) is 1. The number of aryl methyl sites for hydroxylation is 1. The first kappa shape index (κ1) is 10.9. The highest BCUT2D eigenvalue weighted by Crippen LogP contribution is 2.10. The van der Waals surface area contributed by atoms with E-state index in [-0.39, 0.29) is 5.82 Å². The zero-order valence-electron chi connectivity index (χ0n) is 8.68. The SMILES string of the molecule is CNCC/C=C/c1ccc(C)c(F)c1. The molecule has 0 aliphatic carbocycles. The van der Waals surface area contributed by atoms with Gasteiger partial charge in [-0.25, -0.2) is 4.39 Å². The van der Waals surface area contributed by atoms with Gasteiger partial charge in [0.25, 0.3) is 0 Å². The van der Waals surface area contributed by atoms with Crippen molar-refractivity contribution < 1.29 is 4.39 Å². The topological polar surface area (TPSA) is 12.0 Å². The van der Waals surface area contributed by atoms with Crippen LogP contribution in [-0.2, 0) is 0 Å². The van der Waals surface area contributed by atoms with Crippen molar-refractivity contribution >= 4 is 6.08 Å². The van der Waals surface area contributed by atoms with Crippen LogP contribution in [0, 0.1) is 12.7 Å². The fourth-order valence-electron chi connectivity index (χ4n) is 1.16. The molecule has 0 radical (unpaired) electrons. The van der Waals surface area contributed by atoms with E-state index in [4.69, 9.17) is 0 Å². The van der Waals surface area contributed by atoms with Gasteiger partial charge in [-0.05, 0) is 44.1 Å². The van der Waals surface area contributed by atoms with Crippen molar-refractivity contribution in [3.8, 4) is 0 Å². The smallest absolute Gasteiger partial charge is 0.126 e. The van der Waals surface area contributed by atoms with Crippen LogP contribution in [0.15, 0.2) is 24.3 Å². The van der Waals surface area contributed by atoms with Crippen LogP contribution in [0.2, 0.25) is 0 Å². The Morgan fingerprint density at radius 3 is 2.86 bits per heavy atom. The van der Waals surface area contributed by atoms with Crippen LogP contribution >= 0.6 is 0 Å². The Hall–Kier alpha value is -1.15. The number of hydrogen-bond donors (Lipinski definition) is 1. The van der Waals surface area contributed by atoms with Gasteiger partial charge in [-0.2, -0.15) is 0 Å². The van der Waals surface area contributed by atoms with E-state index in [1.807, 2.05) is 25.3 Å². The van der Waals surface area contributed by atoms with Crippen LogP contribution in [0.3, 0.4) is 0 Å². The lowest BCUT2D eigenvalue weighted by atomic mass is 10.1. The molecule has 0 atom stereocenters. The summed E-state index contributed by atoms with van der Waals surface area (Å²) in [6, 6.07) is 5.28. The molecule has 14 heavy (non-hydrogen) atoms. The van der Waals surface area contributed by atoms with Gasteiger partial charge in [0.1, 0.15) is 5.82 Å². The molecule has 0 aliphatic heterocycles. The van der Waals surface area contributed by atoms with E-state index in [1.54, 1.807) is 19.1 Å². The molecule has 1 aromatic rings. The molecule has 1 rings (SSSR count). The van der Waals surface area contributed by atoms with Gasteiger partial charge >= 0.3 is 0 Å². The summed E-state index contributed by atoms with van der Waals surface area (Å²) < 4.78 is 13.1. The quantitative estimate of drug-likeness (QED) is 0.725. The summed E-state index contributed by atoms with van der Waals surface area (Å²) in [7, 11) is 1.92. The van der Waals surface area contributed by atoms with Crippen LogP contribution in [0.5, 0.6) is 0 Å². The van der Waals surface area contributed by atoms with E-state index < -0.39 is 0 Å². The minimum atomic E-state index is -0.138. The summed E-state index contributed by atoms with van der Waals surface area (Å²) in [5, 5.41) is 3.05. The fraction of sp³-hybridized carbons (Fsp3) is 0.333. The van der Waals surface area contributed by atoms with Crippen LogP contribution in [0.4, 0.5) is 4.39 Å².